The zero-order chi connectivity index (χ0) is 13.8. The summed E-state index contributed by atoms with van der Waals surface area (Å²) in [5.41, 5.74) is 1.68. The van der Waals surface area contributed by atoms with Gasteiger partial charge in [-0.25, -0.2) is 0 Å². The van der Waals surface area contributed by atoms with Gasteiger partial charge in [-0.2, -0.15) is 5.26 Å². The second-order valence-electron chi connectivity index (χ2n) is 4.75. The number of Topliss-reactive ketones (excluding diaryl/α,β-unsaturated/α-hetero) is 1. The summed E-state index contributed by atoms with van der Waals surface area (Å²) in [6.45, 7) is 2.96. The summed E-state index contributed by atoms with van der Waals surface area (Å²) in [5, 5.41) is 9.29. The van der Waals surface area contributed by atoms with Crippen LogP contribution in [0.25, 0.3) is 0 Å². The minimum Gasteiger partial charge on any atom is -0.496 e. The molecule has 1 aromatic rings. The first-order chi connectivity index (χ1) is 9.17. The number of hydrogen-bond acceptors (Lipinski definition) is 4. The van der Waals surface area contributed by atoms with Gasteiger partial charge in [-0.3, -0.25) is 4.79 Å². The fourth-order valence-electron chi connectivity index (χ4n) is 2.31. The van der Waals surface area contributed by atoms with Crippen molar-refractivity contribution in [1.29, 1.82) is 5.26 Å². The zero-order valence-corrected chi connectivity index (χ0v) is 11.2. The molecule has 0 radical (unpaired) electrons. The van der Waals surface area contributed by atoms with E-state index in [-0.39, 0.29) is 11.7 Å². The highest BCUT2D eigenvalue weighted by Crippen LogP contribution is 2.28. The van der Waals surface area contributed by atoms with Crippen LogP contribution in [-0.4, -0.2) is 26.1 Å². The Labute approximate surface area is 112 Å². The Hall–Kier alpha value is -1.86. The minimum atomic E-state index is -0.735. The quantitative estimate of drug-likeness (QED) is 0.831. The number of nitrogens with zero attached hydrogens (tertiary/aromatic N) is 1. The number of nitriles is 1. The molecule has 0 N–H and O–H groups in total. The predicted molar refractivity (Wildman–Crippen MR) is 70.0 cm³/mol. The van der Waals surface area contributed by atoms with E-state index in [0.29, 0.717) is 30.9 Å². The smallest absolute Gasteiger partial charge is 0.159 e. The van der Waals surface area contributed by atoms with Gasteiger partial charge in [0.15, 0.2) is 5.78 Å². The molecule has 1 aromatic carbocycles. The van der Waals surface area contributed by atoms with Crippen LogP contribution in [-0.2, 0) is 9.53 Å². The molecule has 100 valence electrons. The van der Waals surface area contributed by atoms with E-state index in [2.05, 4.69) is 6.07 Å². The van der Waals surface area contributed by atoms with Gasteiger partial charge < -0.3 is 9.47 Å². The first-order valence-electron chi connectivity index (χ1n) is 6.33. The second-order valence-corrected chi connectivity index (χ2v) is 4.75. The average molecular weight is 259 g/mol. The maximum atomic E-state index is 12.3. The monoisotopic (exact) mass is 259 g/mol. The van der Waals surface area contributed by atoms with Crippen LogP contribution in [0, 0.1) is 24.2 Å². The lowest BCUT2D eigenvalue weighted by Gasteiger charge is -2.14. The molecule has 1 saturated heterocycles. The predicted octanol–water partition coefficient (Wildman–Crippen LogP) is 2.22. The Morgan fingerprint density at radius 3 is 2.95 bits per heavy atom. The Kier molecular flexibility index (Phi) is 4.18. The highest BCUT2D eigenvalue weighted by Gasteiger charge is 2.31. The lowest BCUT2D eigenvalue weighted by atomic mass is 9.87. The molecule has 0 aliphatic carbocycles. The standard InChI is InChI=1S/C15H17NO3/c1-10-3-4-11(7-14(10)18-2)13(8-16)15(17)12-5-6-19-9-12/h3-4,7,12-13H,5-6,9H2,1-2H3. The summed E-state index contributed by atoms with van der Waals surface area (Å²) < 4.78 is 10.5. The van der Waals surface area contributed by atoms with Crippen molar-refractivity contribution in [3.05, 3.63) is 29.3 Å². The third-order valence-electron chi connectivity index (χ3n) is 3.51. The van der Waals surface area contributed by atoms with Crippen molar-refractivity contribution >= 4 is 5.78 Å². The van der Waals surface area contributed by atoms with Crippen molar-refractivity contribution in [3.8, 4) is 11.8 Å². The topological polar surface area (TPSA) is 59.3 Å². The van der Waals surface area contributed by atoms with Gasteiger partial charge in [0.1, 0.15) is 11.7 Å². The highest BCUT2D eigenvalue weighted by atomic mass is 16.5. The van der Waals surface area contributed by atoms with Crippen molar-refractivity contribution in [2.24, 2.45) is 5.92 Å². The number of ketones is 1. The number of rotatable bonds is 4. The van der Waals surface area contributed by atoms with Crippen LogP contribution in [0.15, 0.2) is 18.2 Å². The first kappa shape index (κ1) is 13.6. The molecule has 1 fully saturated rings. The summed E-state index contributed by atoms with van der Waals surface area (Å²) in [6.07, 6.45) is 0.708. The molecule has 1 aliphatic heterocycles. The number of carbonyl (C=O) groups is 1. The van der Waals surface area contributed by atoms with Crippen LogP contribution in [0.5, 0.6) is 5.75 Å². The van der Waals surface area contributed by atoms with Crippen molar-refractivity contribution in [1.82, 2.24) is 0 Å². The maximum Gasteiger partial charge on any atom is 0.159 e. The van der Waals surface area contributed by atoms with Gasteiger partial charge in [-0.15, -0.1) is 0 Å². The third-order valence-corrected chi connectivity index (χ3v) is 3.51. The molecule has 19 heavy (non-hydrogen) atoms. The Morgan fingerprint density at radius 2 is 2.37 bits per heavy atom. The fourth-order valence-corrected chi connectivity index (χ4v) is 2.31. The maximum absolute atomic E-state index is 12.3. The van der Waals surface area contributed by atoms with Gasteiger partial charge in [0.2, 0.25) is 0 Å². The number of hydrogen-bond donors (Lipinski definition) is 0. The average Bonchev–Trinajstić information content (AvgIpc) is 2.95. The molecule has 1 heterocycles. The Bertz CT molecular complexity index is 513. The molecular formula is C15H17NO3. The zero-order valence-electron chi connectivity index (χ0n) is 11.2. The summed E-state index contributed by atoms with van der Waals surface area (Å²) in [7, 11) is 1.58. The van der Waals surface area contributed by atoms with E-state index in [0.717, 1.165) is 5.56 Å². The Morgan fingerprint density at radius 1 is 1.58 bits per heavy atom. The fraction of sp³-hybridized carbons (Fsp3) is 0.467. The number of methoxy groups -OCH3 is 1. The van der Waals surface area contributed by atoms with E-state index in [1.807, 2.05) is 19.1 Å². The highest BCUT2D eigenvalue weighted by molar-refractivity contribution is 5.90. The normalized spacial score (nSPS) is 19.7. The van der Waals surface area contributed by atoms with Gasteiger partial charge >= 0.3 is 0 Å². The van der Waals surface area contributed by atoms with Crippen LogP contribution in [0.3, 0.4) is 0 Å². The van der Waals surface area contributed by atoms with E-state index >= 15 is 0 Å². The van der Waals surface area contributed by atoms with Crippen LogP contribution in [0.1, 0.15) is 23.5 Å². The van der Waals surface area contributed by atoms with Gasteiger partial charge in [-0.05, 0) is 30.5 Å². The SMILES string of the molecule is COc1cc(C(C#N)C(=O)C2CCOC2)ccc1C. The molecule has 4 nitrogen and oxygen atoms in total. The van der Waals surface area contributed by atoms with Crippen LogP contribution in [0.2, 0.25) is 0 Å². The number of carbonyl (C=O) groups excluding carboxylic acids is 1. The summed E-state index contributed by atoms with van der Waals surface area (Å²) in [5.74, 6) is -0.239. The summed E-state index contributed by atoms with van der Waals surface area (Å²) in [6, 6.07) is 7.57. The Balaban J connectivity index is 2.26. The molecular weight excluding hydrogens is 242 g/mol. The van der Waals surface area contributed by atoms with Crippen molar-refractivity contribution in [2.45, 2.75) is 19.3 Å². The van der Waals surface area contributed by atoms with Gasteiger partial charge in [0.05, 0.1) is 19.8 Å². The van der Waals surface area contributed by atoms with E-state index in [9.17, 15) is 10.1 Å². The van der Waals surface area contributed by atoms with E-state index in [4.69, 9.17) is 9.47 Å². The molecule has 0 bridgehead atoms. The molecule has 0 saturated carbocycles. The van der Waals surface area contributed by atoms with E-state index in [1.165, 1.54) is 0 Å². The van der Waals surface area contributed by atoms with Crippen LogP contribution < -0.4 is 4.74 Å². The first-order valence-corrected chi connectivity index (χ1v) is 6.33. The van der Waals surface area contributed by atoms with E-state index < -0.39 is 5.92 Å². The lowest BCUT2D eigenvalue weighted by Crippen LogP contribution is -2.21. The number of ether oxygens (including phenoxy) is 2. The molecule has 1 aliphatic rings. The molecule has 0 aromatic heterocycles. The van der Waals surface area contributed by atoms with E-state index in [1.54, 1.807) is 13.2 Å². The minimum absolute atomic E-state index is 0.0501. The molecule has 2 rings (SSSR count). The van der Waals surface area contributed by atoms with Crippen LogP contribution in [0.4, 0.5) is 0 Å². The molecule has 0 spiro atoms. The number of benzene rings is 1. The molecule has 2 unspecified atom stereocenters. The summed E-state index contributed by atoms with van der Waals surface area (Å²) in [4.78, 5) is 12.3. The van der Waals surface area contributed by atoms with Crippen molar-refractivity contribution in [3.63, 3.8) is 0 Å². The molecule has 0 amide bonds. The van der Waals surface area contributed by atoms with Crippen molar-refractivity contribution < 1.29 is 14.3 Å². The van der Waals surface area contributed by atoms with Crippen LogP contribution >= 0.6 is 0 Å². The summed E-state index contributed by atoms with van der Waals surface area (Å²) >= 11 is 0. The number of aryl methyl sites for hydroxylation is 1. The second kappa shape index (κ2) is 5.85. The van der Waals surface area contributed by atoms with Gasteiger partial charge in [0.25, 0.3) is 0 Å². The van der Waals surface area contributed by atoms with Crippen molar-refractivity contribution in [2.75, 3.05) is 20.3 Å². The lowest BCUT2D eigenvalue weighted by molar-refractivity contribution is -0.123. The molecule has 2 atom stereocenters. The third kappa shape index (κ3) is 2.77. The van der Waals surface area contributed by atoms with Gasteiger partial charge in [0, 0.05) is 12.5 Å². The molecule has 4 heteroatoms. The largest absolute Gasteiger partial charge is 0.496 e. The van der Waals surface area contributed by atoms with Gasteiger partial charge in [-0.1, -0.05) is 12.1 Å².